The van der Waals surface area contributed by atoms with E-state index in [2.05, 4.69) is 5.32 Å². The van der Waals surface area contributed by atoms with E-state index in [-0.39, 0.29) is 22.7 Å². The van der Waals surface area contributed by atoms with Crippen molar-refractivity contribution < 1.29 is 17.4 Å². The third-order valence-electron chi connectivity index (χ3n) is 2.86. The number of rotatable bonds is 3. The van der Waals surface area contributed by atoms with Gasteiger partial charge in [-0.2, -0.15) is 13.2 Å². The molecule has 0 bridgehead atoms. The van der Waals surface area contributed by atoms with Crippen molar-refractivity contribution in [2.75, 3.05) is 16.8 Å². The molecule has 1 fully saturated rings. The number of para-hydroxylation sites is 1. The number of anilines is 1. The summed E-state index contributed by atoms with van der Waals surface area (Å²) in [5.74, 6) is 1.23. The molecule has 1 N–H and O–H groups in total. The molecule has 106 valence electrons. The summed E-state index contributed by atoms with van der Waals surface area (Å²) in [6.07, 6.45) is 1.47. The molecular formula is C12H14F3NOS2. The van der Waals surface area contributed by atoms with Gasteiger partial charge < -0.3 is 5.32 Å². The molecule has 19 heavy (non-hydrogen) atoms. The third-order valence-corrected chi connectivity index (χ3v) is 5.05. The van der Waals surface area contributed by atoms with Gasteiger partial charge in [-0.05, 0) is 36.7 Å². The Labute approximate surface area is 116 Å². The Morgan fingerprint density at radius 1 is 1.21 bits per heavy atom. The minimum atomic E-state index is -4.29. The van der Waals surface area contributed by atoms with Crippen molar-refractivity contribution in [3.8, 4) is 0 Å². The van der Waals surface area contributed by atoms with Gasteiger partial charge in [0.05, 0.1) is 0 Å². The van der Waals surface area contributed by atoms with Crippen molar-refractivity contribution in [1.29, 1.82) is 0 Å². The zero-order valence-electron chi connectivity index (χ0n) is 10.1. The van der Waals surface area contributed by atoms with E-state index >= 15 is 0 Å². The van der Waals surface area contributed by atoms with Gasteiger partial charge in [0.2, 0.25) is 0 Å². The van der Waals surface area contributed by atoms with Crippen LogP contribution in [0, 0.1) is 0 Å². The SMILES string of the molecule is O=S1CCC(Nc2ccccc2SC(F)(F)F)CC1. The number of hydrogen-bond donors (Lipinski definition) is 1. The van der Waals surface area contributed by atoms with E-state index in [0.29, 0.717) is 17.2 Å². The summed E-state index contributed by atoms with van der Waals surface area (Å²) in [6, 6.07) is 6.52. The molecule has 1 heterocycles. The van der Waals surface area contributed by atoms with Crippen LogP contribution in [0.3, 0.4) is 0 Å². The largest absolute Gasteiger partial charge is 0.446 e. The maximum Gasteiger partial charge on any atom is 0.446 e. The minimum absolute atomic E-state index is 0.104. The van der Waals surface area contributed by atoms with E-state index in [4.69, 9.17) is 0 Å². The normalized spacial score (nSPS) is 24.2. The van der Waals surface area contributed by atoms with Gasteiger partial charge in [0.15, 0.2) is 0 Å². The smallest absolute Gasteiger partial charge is 0.381 e. The number of thioether (sulfide) groups is 1. The Kier molecular flexibility index (Phi) is 4.78. The zero-order valence-corrected chi connectivity index (χ0v) is 11.7. The van der Waals surface area contributed by atoms with Crippen LogP contribution in [0.25, 0.3) is 0 Å². The molecule has 0 amide bonds. The molecule has 1 aromatic carbocycles. The molecule has 7 heteroatoms. The molecule has 0 atom stereocenters. The highest BCUT2D eigenvalue weighted by atomic mass is 32.2. The van der Waals surface area contributed by atoms with Gasteiger partial charge in [0.1, 0.15) is 0 Å². The third kappa shape index (κ3) is 4.72. The Morgan fingerprint density at radius 2 is 1.84 bits per heavy atom. The van der Waals surface area contributed by atoms with Crippen LogP contribution in [0.4, 0.5) is 18.9 Å². The first-order chi connectivity index (χ1) is 8.94. The van der Waals surface area contributed by atoms with Crippen LogP contribution in [-0.4, -0.2) is 27.3 Å². The van der Waals surface area contributed by atoms with E-state index in [9.17, 15) is 17.4 Å². The summed E-state index contributed by atoms with van der Waals surface area (Å²) in [5, 5.41) is 3.14. The van der Waals surface area contributed by atoms with Crippen molar-refractivity contribution >= 4 is 28.2 Å². The molecule has 0 saturated carbocycles. The summed E-state index contributed by atoms with van der Waals surface area (Å²) in [7, 11) is -0.765. The standard InChI is InChI=1S/C12H14F3NOS2/c13-12(14,15)18-11-4-2-1-3-10(11)16-9-5-7-19(17)8-6-9/h1-4,9,16H,5-8H2. The second-order valence-corrected chi connectivity index (χ2v) is 7.11. The Hall–Kier alpha value is -0.690. The van der Waals surface area contributed by atoms with Crippen molar-refractivity contribution in [3.63, 3.8) is 0 Å². The van der Waals surface area contributed by atoms with Gasteiger partial charge in [-0.25, -0.2) is 0 Å². The van der Waals surface area contributed by atoms with Crippen LogP contribution in [0.2, 0.25) is 0 Å². The van der Waals surface area contributed by atoms with Crippen LogP contribution < -0.4 is 5.32 Å². The fourth-order valence-corrected chi connectivity index (χ4v) is 3.89. The van der Waals surface area contributed by atoms with Gasteiger partial charge in [-0.3, -0.25) is 4.21 Å². The summed E-state index contributed by atoms with van der Waals surface area (Å²) in [4.78, 5) is 0.182. The van der Waals surface area contributed by atoms with Crippen molar-refractivity contribution in [1.82, 2.24) is 0 Å². The quantitative estimate of drug-likeness (QED) is 0.865. The summed E-state index contributed by atoms with van der Waals surface area (Å²) in [5.41, 5.74) is -3.78. The minimum Gasteiger partial charge on any atom is -0.381 e. The second kappa shape index (κ2) is 6.17. The molecule has 1 aliphatic heterocycles. The zero-order chi connectivity index (χ0) is 13.9. The van der Waals surface area contributed by atoms with Crippen molar-refractivity contribution in [2.24, 2.45) is 0 Å². The molecule has 1 aromatic rings. The van der Waals surface area contributed by atoms with Crippen LogP contribution in [0.1, 0.15) is 12.8 Å². The van der Waals surface area contributed by atoms with E-state index in [1.165, 1.54) is 6.07 Å². The first kappa shape index (κ1) is 14.7. The lowest BCUT2D eigenvalue weighted by atomic mass is 10.1. The second-order valence-electron chi connectivity index (χ2n) is 4.31. The Balaban J connectivity index is 2.05. The van der Waals surface area contributed by atoms with E-state index in [1.54, 1.807) is 18.2 Å². The molecule has 1 saturated heterocycles. The molecule has 0 radical (unpaired) electrons. The highest BCUT2D eigenvalue weighted by Crippen LogP contribution is 2.40. The highest BCUT2D eigenvalue weighted by Gasteiger charge is 2.30. The predicted molar refractivity (Wildman–Crippen MR) is 72.9 cm³/mol. The van der Waals surface area contributed by atoms with Crippen molar-refractivity contribution in [2.45, 2.75) is 29.3 Å². The maximum absolute atomic E-state index is 12.4. The van der Waals surface area contributed by atoms with E-state index < -0.39 is 16.3 Å². The number of alkyl halides is 3. The molecular weight excluding hydrogens is 295 g/mol. The fraction of sp³-hybridized carbons (Fsp3) is 0.500. The molecule has 0 unspecified atom stereocenters. The van der Waals surface area contributed by atoms with E-state index in [0.717, 1.165) is 12.8 Å². The van der Waals surface area contributed by atoms with Gasteiger partial charge in [-0.1, -0.05) is 12.1 Å². The molecule has 0 aromatic heterocycles. The van der Waals surface area contributed by atoms with Crippen LogP contribution in [0.5, 0.6) is 0 Å². The molecule has 2 rings (SSSR count). The summed E-state index contributed by atoms with van der Waals surface area (Å²) in [6.45, 7) is 0. The van der Waals surface area contributed by atoms with Crippen LogP contribution in [-0.2, 0) is 10.8 Å². The van der Waals surface area contributed by atoms with Gasteiger partial charge in [-0.15, -0.1) is 0 Å². The lowest BCUT2D eigenvalue weighted by molar-refractivity contribution is -0.0327. The molecule has 2 nitrogen and oxygen atoms in total. The number of benzene rings is 1. The lowest BCUT2D eigenvalue weighted by Crippen LogP contribution is -2.29. The predicted octanol–water partition coefficient (Wildman–Crippen LogP) is 3.62. The summed E-state index contributed by atoms with van der Waals surface area (Å²) >= 11 is -0.106. The number of hydrogen-bond acceptors (Lipinski definition) is 3. The van der Waals surface area contributed by atoms with Crippen LogP contribution in [0.15, 0.2) is 29.2 Å². The monoisotopic (exact) mass is 309 g/mol. The lowest BCUT2D eigenvalue weighted by Gasteiger charge is -2.24. The Bertz CT molecular complexity index is 455. The van der Waals surface area contributed by atoms with Gasteiger partial charge in [0.25, 0.3) is 0 Å². The first-order valence-electron chi connectivity index (χ1n) is 5.90. The highest BCUT2D eigenvalue weighted by molar-refractivity contribution is 8.00. The van der Waals surface area contributed by atoms with Crippen LogP contribution >= 0.6 is 11.8 Å². The molecule has 0 spiro atoms. The van der Waals surface area contributed by atoms with Gasteiger partial charge >= 0.3 is 5.51 Å². The maximum atomic E-state index is 12.4. The van der Waals surface area contributed by atoms with Gasteiger partial charge in [0, 0.05) is 38.9 Å². The number of halogens is 3. The first-order valence-corrected chi connectivity index (χ1v) is 8.21. The van der Waals surface area contributed by atoms with E-state index in [1.807, 2.05) is 0 Å². The average Bonchev–Trinajstić information content (AvgIpc) is 2.33. The number of nitrogens with one attached hydrogen (secondary N) is 1. The topological polar surface area (TPSA) is 29.1 Å². The molecule has 0 aliphatic carbocycles. The average molecular weight is 309 g/mol. The summed E-state index contributed by atoms with van der Waals surface area (Å²) < 4.78 is 48.6. The molecule has 1 aliphatic rings. The fourth-order valence-electron chi connectivity index (χ4n) is 1.96. The van der Waals surface area contributed by atoms with Crippen molar-refractivity contribution in [3.05, 3.63) is 24.3 Å². The Morgan fingerprint density at radius 3 is 2.47 bits per heavy atom.